The fourth-order valence-corrected chi connectivity index (χ4v) is 4.26. The van der Waals surface area contributed by atoms with E-state index in [1.165, 1.54) is 0 Å². The molecule has 6 heteroatoms. The molecular formula is C22H33N3O3. The van der Waals surface area contributed by atoms with Crippen molar-refractivity contribution in [3.8, 4) is 0 Å². The van der Waals surface area contributed by atoms with Gasteiger partial charge in [-0.05, 0) is 52.3 Å². The maximum Gasteiger partial charge on any atom is 0.239 e. The Hall–Kier alpha value is -1.92. The molecule has 3 atom stereocenters. The molecule has 0 saturated carbocycles. The number of amides is 2. The molecule has 0 aliphatic carbocycles. The molecule has 154 valence electrons. The average molecular weight is 388 g/mol. The van der Waals surface area contributed by atoms with Gasteiger partial charge in [-0.2, -0.15) is 0 Å². The SMILES string of the molecule is CC1CN(C(=O)C(C)N2CCC(C(=O)NCc3ccccc3)CC2)CC(C)O1. The number of ether oxygens (including phenoxy) is 1. The number of rotatable bonds is 5. The van der Waals surface area contributed by atoms with Gasteiger partial charge in [0.25, 0.3) is 0 Å². The zero-order valence-electron chi connectivity index (χ0n) is 17.3. The van der Waals surface area contributed by atoms with Crippen molar-refractivity contribution in [1.82, 2.24) is 15.1 Å². The molecule has 2 aliphatic rings. The number of benzene rings is 1. The van der Waals surface area contributed by atoms with E-state index in [9.17, 15) is 9.59 Å². The van der Waals surface area contributed by atoms with Crippen LogP contribution in [-0.2, 0) is 20.9 Å². The Morgan fingerprint density at radius 1 is 1.11 bits per heavy atom. The van der Waals surface area contributed by atoms with E-state index >= 15 is 0 Å². The summed E-state index contributed by atoms with van der Waals surface area (Å²) in [5, 5.41) is 3.05. The molecule has 2 fully saturated rings. The molecule has 1 aromatic rings. The van der Waals surface area contributed by atoms with Crippen LogP contribution in [0.3, 0.4) is 0 Å². The van der Waals surface area contributed by atoms with Gasteiger partial charge in [0.05, 0.1) is 18.2 Å². The molecule has 0 bridgehead atoms. The van der Waals surface area contributed by atoms with Crippen molar-refractivity contribution in [2.24, 2.45) is 5.92 Å². The summed E-state index contributed by atoms with van der Waals surface area (Å²) in [4.78, 5) is 29.5. The first-order valence-corrected chi connectivity index (χ1v) is 10.4. The summed E-state index contributed by atoms with van der Waals surface area (Å²) in [5.74, 6) is 0.331. The van der Waals surface area contributed by atoms with Gasteiger partial charge in [0.15, 0.2) is 0 Å². The van der Waals surface area contributed by atoms with Gasteiger partial charge >= 0.3 is 0 Å². The Morgan fingerprint density at radius 3 is 2.32 bits per heavy atom. The molecule has 28 heavy (non-hydrogen) atoms. The number of nitrogens with one attached hydrogen (secondary N) is 1. The number of carbonyl (C=O) groups excluding carboxylic acids is 2. The third-order valence-electron chi connectivity index (χ3n) is 5.85. The summed E-state index contributed by atoms with van der Waals surface area (Å²) >= 11 is 0. The highest BCUT2D eigenvalue weighted by Gasteiger charge is 2.34. The van der Waals surface area contributed by atoms with Crippen LogP contribution in [0.2, 0.25) is 0 Å². The summed E-state index contributed by atoms with van der Waals surface area (Å²) in [6, 6.07) is 9.82. The van der Waals surface area contributed by atoms with Crippen LogP contribution >= 0.6 is 0 Å². The van der Waals surface area contributed by atoms with Crippen LogP contribution in [0.15, 0.2) is 30.3 Å². The second-order valence-corrected chi connectivity index (χ2v) is 8.19. The minimum atomic E-state index is -0.147. The number of hydrogen-bond donors (Lipinski definition) is 1. The molecule has 3 unspecified atom stereocenters. The van der Waals surface area contributed by atoms with Gasteiger partial charge in [-0.25, -0.2) is 0 Å². The third-order valence-corrected chi connectivity index (χ3v) is 5.85. The lowest BCUT2D eigenvalue weighted by molar-refractivity contribution is -0.148. The van der Waals surface area contributed by atoms with E-state index in [0.29, 0.717) is 19.6 Å². The molecule has 6 nitrogen and oxygen atoms in total. The first-order chi connectivity index (χ1) is 13.4. The highest BCUT2D eigenvalue weighted by atomic mass is 16.5. The molecule has 1 aromatic carbocycles. The summed E-state index contributed by atoms with van der Waals surface area (Å²) in [6.45, 7) is 9.47. The predicted octanol–water partition coefficient (Wildman–Crippen LogP) is 2.04. The van der Waals surface area contributed by atoms with Gasteiger partial charge in [-0.3, -0.25) is 14.5 Å². The van der Waals surface area contributed by atoms with Crippen molar-refractivity contribution in [1.29, 1.82) is 0 Å². The number of hydrogen-bond acceptors (Lipinski definition) is 4. The van der Waals surface area contributed by atoms with E-state index in [0.717, 1.165) is 31.5 Å². The van der Waals surface area contributed by atoms with E-state index in [4.69, 9.17) is 4.74 Å². The molecule has 0 radical (unpaired) electrons. The van der Waals surface area contributed by atoms with E-state index in [-0.39, 0.29) is 36.0 Å². The normalized spacial score (nSPS) is 25.3. The number of piperidine rings is 1. The van der Waals surface area contributed by atoms with Crippen LogP contribution in [0.4, 0.5) is 0 Å². The zero-order chi connectivity index (χ0) is 20.1. The second kappa shape index (κ2) is 9.52. The van der Waals surface area contributed by atoms with Crippen molar-refractivity contribution in [2.45, 2.75) is 58.4 Å². The number of likely N-dealkylation sites (tertiary alicyclic amines) is 1. The van der Waals surface area contributed by atoms with Crippen molar-refractivity contribution < 1.29 is 14.3 Å². The summed E-state index contributed by atoms with van der Waals surface area (Å²) in [6.07, 6.45) is 1.76. The molecule has 2 heterocycles. The average Bonchev–Trinajstić information content (AvgIpc) is 2.71. The highest BCUT2D eigenvalue weighted by molar-refractivity contribution is 5.82. The van der Waals surface area contributed by atoms with Crippen LogP contribution < -0.4 is 5.32 Å². The van der Waals surface area contributed by atoms with Crippen LogP contribution in [0, 0.1) is 5.92 Å². The number of nitrogens with zero attached hydrogens (tertiary/aromatic N) is 2. The maximum absolute atomic E-state index is 12.9. The molecule has 0 aromatic heterocycles. The Bertz CT molecular complexity index is 648. The molecule has 3 rings (SSSR count). The van der Waals surface area contributed by atoms with Crippen LogP contribution in [0.5, 0.6) is 0 Å². The van der Waals surface area contributed by atoms with Gasteiger partial charge in [0.1, 0.15) is 0 Å². The zero-order valence-corrected chi connectivity index (χ0v) is 17.3. The predicted molar refractivity (Wildman–Crippen MR) is 109 cm³/mol. The van der Waals surface area contributed by atoms with Crippen LogP contribution in [-0.4, -0.2) is 66.0 Å². The molecule has 2 amide bonds. The Labute approximate surface area is 168 Å². The lowest BCUT2D eigenvalue weighted by Crippen LogP contribution is -2.55. The number of morpholine rings is 1. The van der Waals surface area contributed by atoms with Gasteiger partial charge < -0.3 is 15.0 Å². The first kappa shape index (κ1) is 20.8. The highest BCUT2D eigenvalue weighted by Crippen LogP contribution is 2.21. The van der Waals surface area contributed by atoms with Crippen molar-refractivity contribution in [3.05, 3.63) is 35.9 Å². The van der Waals surface area contributed by atoms with E-state index in [1.807, 2.05) is 56.0 Å². The fraction of sp³-hybridized carbons (Fsp3) is 0.636. The van der Waals surface area contributed by atoms with Crippen molar-refractivity contribution in [2.75, 3.05) is 26.2 Å². The van der Waals surface area contributed by atoms with E-state index in [2.05, 4.69) is 10.2 Å². The van der Waals surface area contributed by atoms with E-state index in [1.54, 1.807) is 0 Å². The van der Waals surface area contributed by atoms with Gasteiger partial charge in [-0.15, -0.1) is 0 Å². The largest absolute Gasteiger partial charge is 0.372 e. The molecule has 0 spiro atoms. The van der Waals surface area contributed by atoms with Gasteiger partial charge in [0, 0.05) is 25.6 Å². The second-order valence-electron chi connectivity index (χ2n) is 8.19. The van der Waals surface area contributed by atoms with Crippen molar-refractivity contribution >= 4 is 11.8 Å². The Kier molecular flexibility index (Phi) is 7.08. The topological polar surface area (TPSA) is 61.9 Å². The van der Waals surface area contributed by atoms with Crippen LogP contribution in [0.25, 0.3) is 0 Å². The maximum atomic E-state index is 12.9. The smallest absolute Gasteiger partial charge is 0.239 e. The molecular weight excluding hydrogens is 354 g/mol. The van der Waals surface area contributed by atoms with Gasteiger partial charge in [-0.1, -0.05) is 30.3 Å². The van der Waals surface area contributed by atoms with Crippen LogP contribution in [0.1, 0.15) is 39.2 Å². The monoisotopic (exact) mass is 387 g/mol. The molecule has 2 saturated heterocycles. The number of carbonyl (C=O) groups is 2. The lowest BCUT2D eigenvalue weighted by atomic mass is 9.94. The van der Waals surface area contributed by atoms with Crippen molar-refractivity contribution in [3.63, 3.8) is 0 Å². The minimum absolute atomic E-state index is 0.0331. The minimum Gasteiger partial charge on any atom is -0.372 e. The summed E-state index contributed by atoms with van der Waals surface area (Å²) in [5.41, 5.74) is 1.11. The van der Waals surface area contributed by atoms with Gasteiger partial charge in [0.2, 0.25) is 11.8 Å². The molecule has 1 N–H and O–H groups in total. The summed E-state index contributed by atoms with van der Waals surface area (Å²) < 4.78 is 5.74. The Balaban J connectivity index is 1.45. The summed E-state index contributed by atoms with van der Waals surface area (Å²) in [7, 11) is 0. The van der Waals surface area contributed by atoms with E-state index < -0.39 is 0 Å². The third kappa shape index (κ3) is 5.32. The quantitative estimate of drug-likeness (QED) is 0.840. The molecule has 2 aliphatic heterocycles. The first-order valence-electron chi connectivity index (χ1n) is 10.4. The Morgan fingerprint density at radius 2 is 1.71 bits per heavy atom. The standard InChI is InChI=1S/C22H33N3O3/c1-16-14-25(15-17(2)28-16)22(27)18(3)24-11-9-20(10-12-24)21(26)23-13-19-7-5-4-6-8-19/h4-8,16-18,20H,9-15H2,1-3H3,(H,23,26). The fourth-order valence-electron chi connectivity index (χ4n) is 4.26. The lowest BCUT2D eigenvalue weighted by Gasteiger charge is -2.40.